The maximum atomic E-state index is 13.0. The van der Waals surface area contributed by atoms with Crippen molar-refractivity contribution in [2.75, 3.05) is 26.8 Å². The van der Waals surface area contributed by atoms with Crippen LogP contribution in [0.2, 0.25) is 0 Å². The molecule has 0 atom stereocenters. The molecular formula is C13H19BrFN3O. The van der Waals surface area contributed by atoms with Gasteiger partial charge < -0.3 is 10.5 Å². The monoisotopic (exact) mass is 331 g/mol. The molecule has 0 fully saturated rings. The molecule has 0 aliphatic heterocycles. The van der Waals surface area contributed by atoms with E-state index in [4.69, 9.17) is 15.9 Å². The Hall–Kier alpha value is -0.980. The van der Waals surface area contributed by atoms with Crippen molar-refractivity contribution in [2.24, 2.45) is 5.73 Å². The number of hydrogen-bond donors (Lipinski definition) is 2. The summed E-state index contributed by atoms with van der Waals surface area (Å²) in [5.74, 6) is -0.0941. The molecule has 3 N–H and O–H groups in total. The van der Waals surface area contributed by atoms with Gasteiger partial charge in [0.25, 0.3) is 0 Å². The molecule has 0 radical (unpaired) electrons. The molecule has 0 aliphatic carbocycles. The van der Waals surface area contributed by atoms with E-state index in [1.54, 1.807) is 13.2 Å². The zero-order valence-corrected chi connectivity index (χ0v) is 12.5. The molecule has 6 heteroatoms. The number of nitrogens with two attached hydrogens (primary N) is 1. The molecule has 0 saturated carbocycles. The lowest BCUT2D eigenvalue weighted by atomic mass is 10.2. The molecule has 0 saturated heterocycles. The van der Waals surface area contributed by atoms with E-state index in [9.17, 15) is 4.39 Å². The largest absolute Gasteiger partial charge is 0.388 e. The van der Waals surface area contributed by atoms with Crippen molar-refractivity contribution in [3.05, 3.63) is 34.1 Å². The maximum Gasteiger partial charge on any atom is 0.124 e. The van der Waals surface area contributed by atoms with Gasteiger partial charge in [0.2, 0.25) is 0 Å². The van der Waals surface area contributed by atoms with Crippen LogP contribution in [0.4, 0.5) is 4.39 Å². The second-order valence-corrected chi connectivity index (χ2v) is 5.13. The summed E-state index contributed by atoms with van der Waals surface area (Å²) >= 11 is 3.36. The van der Waals surface area contributed by atoms with Gasteiger partial charge in [-0.2, -0.15) is 0 Å². The maximum absolute atomic E-state index is 13.0. The van der Waals surface area contributed by atoms with Crippen molar-refractivity contribution in [1.82, 2.24) is 4.90 Å². The summed E-state index contributed by atoms with van der Waals surface area (Å²) in [4.78, 5) is 2.13. The summed E-state index contributed by atoms with van der Waals surface area (Å²) < 4.78 is 18.8. The lowest BCUT2D eigenvalue weighted by molar-refractivity contribution is 0.145. The number of hydrogen-bond acceptors (Lipinski definition) is 3. The molecule has 106 valence electrons. The molecule has 0 aliphatic rings. The number of nitrogens with one attached hydrogen (secondary N) is 1. The van der Waals surface area contributed by atoms with Crippen molar-refractivity contribution in [3.8, 4) is 0 Å². The van der Waals surface area contributed by atoms with E-state index >= 15 is 0 Å². The third kappa shape index (κ3) is 6.13. The molecule has 0 heterocycles. The first kappa shape index (κ1) is 16.1. The van der Waals surface area contributed by atoms with Crippen molar-refractivity contribution in [2.45, 2.75) is 13.0 Å². The van der Waals surface area contributed by atoms with Gasteiger partial charge >= 0.3 is 0 Å². The second-order valence-electron chi connectivity index (χ2n) is 4.28. The predicted molar refractivity (Wildman–Crippen MR) is 77.8 cm³/mol. The Labute approximate surface area is 121 Å². The molecule has 1 aromatic carbocycles. The summed E-state index contributed by atoms with van der Waals surface area (Å²) in [5, 5.41) is 7.28. The summed E-state index contributed by atoms with van der Waals surface area (Å²) in [7, 11) is 1.65. The molecule has 0 amide bonds. The van der Waals surface area contributed by atoms with Crippen LogP contribution in [-0.4, -0.2) is 37.5 Å². The average molecular weight is 332 g/mol. The lowest BCUT2D eigenvalue weighted by Gasteiger charge is -2.22. The fourth-order valence-electron chi connectivity index (χ4n) is 1.66. The summed E-state index contributed by atoms with van der Waals surface area (Å²) in [6.45, 7) is 2.70. The molecule has 0 spiro atoms. The normalized spacial score (nSPS) is 10.9. The van der Waals surface area contributed by atoms with E-state index in [2.05, 4.69) is 20.8 Å². The molecule has 0 aromatic heterocycles. The van der Waals surface area contributed by atoms with Gasteiger partial charge in [-0.1, -0.05) is 22.0 Å². The third-order valence-electron chi connectivity index (χ3n) is 2.72. The number of ether oxygens (including phenoxy) is 1. The molecule has 1 rings (SSSR count). The van der Waals surface area contributed by atoms with Crippen molar-refractivity contribution < 1.29 is 9.13 Å². The van der Waals surface area contributed by atoms with Gasteiger partial charge in [0.1, 0.15) is 5.82 Å². The molecule has 0 unspecified atom stereocenters. The van der Waals surface area contributed by atoms with Crippen LogP contribution < -0.4 is 5.73 Å². The average Bonchev–Trinajstić information content (AvgIpc) is 2.35. The minimum Gasteiger partial charge on any atom is -0.388 e. The first-order chi connectivity index (χ1) is 9.02. The minimum atomic E-state index is -0.261. The Kier molecular flexibility index (Phi) is 6.97. The summed E-state index contributed by atoms with van der Waals surface area (Å²) in [5.41, 5.74) is 6.38. The summed E-state index contributed by atoms with van der Waals surface area (Å²) in [6.07, 6.45) is 0.516. The van der Waals surface area contributed by atoms with Gasteiger partial charge in [0.15, 0.2) is 0 Å². The Morgan fingerprint density at radius 1 is 1.47 bits per heavy atom. The van der Waals surface area contributed by atoms with Crippen LogP contribution in [0.15, 0.2) is 22.7 Å². The number of rotatable bonds is 8. The highest BCUT2D eigenvalue weighted by molar-refractivity contribution is 9.10. The van der Waals surface area contributed by atoms with E-state index in [0.717, 1.165) is 16.6 Å². The van der Waals surface area contributed by atoms with E-state index in [0.29, 0.717) is 26.1 Å². The number of nitrogens with zero attached hydrogens (tertiary/aromatic N) is 1. The molecule has 19 heavy (non-hydrogen) atoms. The van der Waals surface area contributed by atoms with E-state index < -0.39 is 0 Å². The Morgan fingerprint density at radius 2 is 2.21 bits per heavy atom. The Morgan fingerprint density at radius 3 is 2.79 bits per heavy atom. The topological polar surface area (TPSA) is 62.3 Å². The number of amidine groups is 1. The Bertz CT molecular complexity index is 428. The predicted octanol–water partition coefficient (Wildman–Crippen LogP) is 2.36. The van der Waals surface area contributed by atoms with Crippen molar-refractivity contribution in [1.29, 1.82) is 5.41 Å². The summed E-state index contributed by atoms with van der Waals surface area (Å²) in [6, 6.07) is 4.65. The number of halogens is 2. The molecule has 4 nitrogen and oxygen atoms in total. The van der Waals surface area contributed by atoms with Crippen LogP contribution in [0.3, 0.4) is 0 Å². The standard InChI is InChI=1S/C13H19BrFN3O/c1-19-7-6-18(5-4-13(16)17)9-10-2-3-11(15)8-12(10)14/h2-3,8H,4-7,9H2,1H3,(H3,16,17). The van der Waals surface area contributed by atoms with Crippen LogP contribution in [-0.2, 0) is 11.3 Å². The molecule has 1 aromatic rings. The van der Waals surface area contributed by atoms with Crippen LogP contribution in [0, 0.1) is 11.2 Å². The van der Waals surface area contributed by atoms with Crippen LogP contribution in [0.25, 0.3) is 0 Å². The van der Waals surface area contributed by atoms with Gasteiger partial charge in [-0.05, 0) is 17.7 Å². The van der Waals surface area contributed by atoms with E-state index in [1.807, 2.05) is 0 Å². The third-order valence-corrected chi connectivity index (χ3v) is 3.46. The zero-order chi connectivity index (χ0) is 14.3. The first-order valence-electron chi connectivity index (χ1n) is 6.01. The number of benzene rings is 1. The second kappa shape index (κ2) is 8.24. The lowest BCUT2D eigenvalue weighted by Crippen LogP contribution is -2.30. The smallest absolute Gasteiger partial charge is 0.124 e. The minimum absolute atomic E-state index is 0.167. The van der Waals surface area contributed by atoms with Gasteiger partial charge in [0, 0.05) is 37.6 Å². The highest BCUT2D eigenvalue weighted by atomic mass is 79.9. The van der Waals surface area contributed by atoms with Crippen molar-refractivity contribution >= 4 is 21.8 Å². The fourth-order valence-corrected chi connectivity index (χ4v) is 2.14. The van der Waals surface area contributed by atoms with E-state index in [-0.39, 0.29) is 11.7 Å². The van der Waals surface area contributed by atoms with Gasteiger partial charge in [-0.3, -0.25) is 10.3 Å². The van der Waals surface area contributed by atoms with Gasteiger partial charge in [0.05, 0.1) is 12.4 Å². The quantitative estimate of drug-likeness (QED) is 0.567. The van der Waals surface area contributed by atoms with Crippen molar-refractivity contribution in [3.63, 3.8) is 0 Å². The highest BCUT2D eigenvalue weighted by Gasteiger charge is 2.09. The van der Waals surface area contributed by atoms with Gasteiger partial charge in [-0.15, -0.1) is 0 Å². The Balaban J connectivity index is 2.66. The zero-order valence-electron chi connectivity index (χ0n) is 11.0. The molecule has 0 bridgehead atoms. The fraction of sp³-hybridized carbons (Fsp3) is 0.462. The van der Waals surface area contributed by atoms with Crippen LogP contribution in [0.5, 0.6) is 0 Å². The van der Waals surface area contributed by atoms with Crippen LogP contribution in [0.1, 0.15) is 12.0 Å². The highest BCUT2D eigenvalue weighted by Crippen LogP contribution is 2.19. The number of methoxy groups -OCH3 is 1. The van der Waals surface area contributed by atoms with Crippen LogP contribution >= 0.6 is 15.9 Å². The van der Waals surface area contributed by atoms with E-state index in [1.165, 1.54) is 12.1 Å². The molecular weight excluding hydrogens is 313 g/mol. The first-order valence-corrected chi connectivity index (χ1v) is 6.80. The van der Waals surface area contributed by atoms with Gasteiger partial charge in [-0.25, -0.2) is 4.39 Å². The SMILES string of the molecule is COCCN(CCC(=N)N)Cc1ccc(F)cc1Br.